The van der Waals surface area contributed by atoms with Crippen LogP contribution in [0, 0.1) is 5.82 Å². The van der Waals surface area contributed by atoms with Gasteiger partial charge in [0, 0.05) is 23.9 Å². The van der Waals surface area contributed by atoms with E-state index in [2.05, 4.69) is 14.6 Å². The van der Waals surface area contributed by atoms with Crippen molar-refractivity contribution in [2.24, 2.45) is 5.10 Å². The topological polar surface area (TPSA) is 145 Å². The van der Waals surface area contributed by atoms with Crippen molar-refractivity contribution in [3.05, 3.63) is 42.3 Å². The highest BCUT2D eigenvalue weighted by Gasteiger charge is 2.31. The van der Waals surface area contributed by atoms with Crippen molar-refractivity contribution >= 4 is 37.7 Å². The number of hydrogen-bond acceptors (Lipinski definition) is 8. The van der Waals surface area contributed by atoms with Crippen LogP contribution in [0.3, 0.4) is 0 Å². The average Bonchev–Trinajstić information content (AvgIpc) is 3.23. The van der Waals surface area contributed by atoms with Gasteiger partial charge in [-0.05, 0) is 36.8 Å². The van der Waals surface area contributed by atoms with Gasteiger partial charge in [-0.25, -0.2) is 23.7 Å². The minimum Gasteiger partial charge on any atom is -0.444 e. The average molecular weight is 507 g/mol. The summed E-state index contributed by atoms with van der Waals surface area (Å²) in [7, 11) is -4.75. The molecule has 2 aliphatic rings. The number of amides is 2. The molecule has 2 N–H and O–H groups in total. The van der Waals surface area contributed by atoms with Crippen molar-refractivity contribution in [1.82, 2.24) is 9.99 Å². The van der Waals surface area contributed by atoms with Crippen LogP contribution in [0.15, 0.2) is 41.6 Å². The summed E-state index contributed by atoms with van der Waals surface area (Å²) in [5.41, 5.74) is 1.28. The molecule has 2 aromatic rings. The zero-order valence-electron chi connectivity index (χ0n) is 18.7. The van der Waals surface area contributed by atoms with E-state index in [-0.39, 0.29) is 12.6 Å². The van der Waals surface area contributed by atoms with Gasteiger partial charge in [0.25, 0.3) is 5.91 Å². The first-order chi connectivity index (χ1) is 16.6. The van der Waals surface area contributed by atoms with E-state index in [1.54, 1.807) is 29.2 Å². The van der Waals surface area contributed by atoms with Gasteiger partial charge in [-0.1, -0.05) is 6.92 Å². The number of phosphoric ester groups is 1. The van der Waals surface area contributed by atoms with Gasteiger partial charge in [-0.3, -0.25) is 14.2 Å². The van der Waals surface area contributed by atoms with Gasteiger partial charge in [0.1, 0.15) is 30.7 Å². The number of aromatic nitrogens is 1. The van der Waals surface area contributed by atoms with Crippen molar-refractivity contribution in [3.63, 3.8) is 0 Å². The Labute approximate surface area is 199 Å². The molecule has 0 saturated carbocycles. The molecule has 12 nitrogen and oxygen atoms in total. The molecule has 186 valence electrons. The smallest absolute Gasteiger partial charge is 0.444 e. The van der Waals surface area contributed by atoms with E-state index >= 15 is 0 Å². The fraction of sp³-hybridized carbons (Fsp3) is 0.333. The van der Waals surface area contributed by atoms with E-state index in [4.69, 9.17) is 14.5 Å². The summed E-state index contributed by atoms with van der Waals surface area (Å²) in [4.78, 5) is 48.7. The molecule has 2 aliphatic heterocycles. The lowest BCUT2D eigenvalue weighted by Crippen LogP contribution is -2.42. The molecule has 35 heavy (non-hydrogen) atoms. The van der Waals surface area contributed by atoms with Crippen LogP contribution in [-0.2, 0) is 18.6 Å². The Morgan fingerprint density at radius 1 is 1.29 bits per heavy atom. The number of hydrazone groups is 1. The second-order valence-corrected chi connectivity index (χ2v) is 9.04. The number of pyridine rings is 1. The summed E-state index contributed by atoms with van der Waals surface area (Å²) in [6.45, 7) is 1.97. The summed E-state index contributed by atoms with van der Waals surface area (Å²) < 4.78 is 35.0. The Morgan fingerprint density at radius 3 is 2.66 bits per heavy atom. The van der Waals surface area contributed by atoms with Crippen LogP contribution in [0.25, 0.3) is 11.1 Å². The summed E-state index contributed by atoms with van der Waals surface area (Å²) in [5, 5.41) is 4.99. The predicted octanol–water partition coefficient (Wildman–Crippen LogP) is 2.32. The van der Waals surface area contributed by atoms with Gasteiger partial charge in [0.15, 0.2) is 0 Å². The maximum Gasteiger partial charge on any atom is 0.470 e. The van der Waals surface area contributed by atoms with Crippen LogP contribution in [-0.4, -0.2) is 70.5 Å². The van der Waals surface area contributed by atoms with Crippen molar-refractivity contribution in [3.8, 4) is 11.1 Å². The number of cyclic esters (lactones) is 1. The van der Waals surface area contributed by atoms with Crippen LogP contribution in [0.4, 0.5) is 20.7 Å². The molecule has 14 heteroatoms. The number of nitrogens with zero attached hydrogens (tertiary/aromatic N) is 5. The standard InChI is InChI=1S/C21H23FN5O7P/c1-2-16-11-26(21(29)34-16)15-4-5-17(18(22)9-15)14-3-6-19(23-10-14)25-7-8-27(24-13-25)20(28)12-33-35(30,31)32/h3-6,9-10,13,16H,2,7-8,11-12H2,1H3,(H2,30,31,32)/t16-/m0/s1. The maximum absolute atomic E-state index is 14.9. The number of rotatable bonds is 7. The fourth-order valence-corrected chi connectivity index (χ4v) is 3.86. The Bertz CT molecular complexity index is 1190. The number of hydrogen-bond donors (Lipinski definition) is 2. The van der Waals surface area contributed by atoms with Crippen molar-refractivity contribution in [2.75, 3.05) is 36.0 Å². The first-order valence-corrected chi connectivity index (χ1v) is 12.2. The summed E-state index contributed by atoms with van der Waals surface area (Å²) in [5.74, 6) is -0.687. The quantitative estimate of drug-likeness (QED) is 0.539. The third-order valence-electron chi connectivity index (χ3n) is 5.47. The third kappa shape index (κ3) is 5.82. The summed E-state index contributed by atoms with van der Waals surface area (Å²) in [6.07, 6.45) is 2.84. The molecular formula is C21H23FN5O7P. The summed E-state index contributed by atoms with van der Waals surface area (Å²) >= 11 is 0. The van der Waals surface area contributed by atoms with E-state index in [0.29, 0.717) is 42.1 Å². The monoisotopic (exact) mass is 507 g/mol. The number of benzene rings is 1. The number of phosphoric acid groups is 1. The molecule has 2 amide bonds. The molecule has 3 heterocycles. The number of carbonyl (C=O) groups excluding carboxylic acids is 2. The normalized spacial score (nSPS) is 18.2. The zero-order chi connectivity index (χ0) is 25.2. The van der Waals surface area contributed by atoms with Crippen LogP contribution in [0.5, 0.6) is 0 Å². The Balaban J connectivity index is 1.41. The van der Waals surface area contributed by atoms with Crippen LogP contribution in [0.1, 0.15) is 13.3 Å². The molecule has 0 bridgehead atoms. The minimum absolute atomic E-state index is 0.150. The van der Waals surface area contributed by atoms with Gasteiger partial charge < -0.3 is 19.4 Å². The molecule has 1 aromatic heterocycles. The molecule has 1 atom stereocenters. The van der Waals surface area contributed by atoms with Gasteiger partial charge in [0.05, 0.1) is 18.8 Å². The molecule has 1 fully saturated rings. The Kier molecular flexibility index (Phi) is 7.13. The first kappa shape index (κ1) is 24.7. The SMILES string of the molecule is CC[C@H]1CN(c2ccc(-c3ccc(N4C=NN(C(=O)COP(=O)(O)O)CC4)nc3)c(F)c2)C(=O)O1. The lowest BCUT2D eigenvalue weighted by atomic mass is 10.1. The highest BCUT2D eigenvalue weighted by molar-refractivity contribution is 7.46. The van der Waals surface area contributed by atoms with Crippen LogP contribution in [0.2, 0.25) is 0 Å². The zero-order valence-corrected chi connectivity index (χ0v) is 19.5. The molecule has 0 spiro atoms. The maximum atomic E-state index is 14.9. The van der Waals surface area contributed by atoms with E-state index in [1.165, 1.54) is 23.5 Å². The molecule has 1 saturated heterocycles. The molecular weight excluding hydrogens is 484 g/mol. The van der Waals surface area contributed by atoms with Crippen molar-refractivity contribution in [1.29, 1.82) is 0 Å². The van der Waals surface area contributed by atoms with Crippen LogP contribution >= 0.6 is 7.82 Å². The van der Waals surface area contributed by atoms with Crippen molar-refractivity contribution < 1.29 is 37.6 Å². The van der Waals surface area contributed by atoms with Gasteiger partial charge in [-0.15, -0.1) is 0 Å². The van der Waals surface area contributed by atoms with Gasteiger partial charge in [-0.2, -0.15) is 5.10 Å². The van der Waals surface area contributed by atoms with Gasteiger partial charge in [0.2, 0.25) is 0 Å². The molecule has 4 rings (SSSR count). The summed E-state index contributed by atoms with van der Waals surface area (Å²) in [6, 6.07) is 7.90. The van der Waals surface area contributed by atoms with E-state index in [0.717, 1.165) is 5.01 Å². The van der Waals surface area contributed by atoms with E-state index in [1.807, 2.05) is 6.92 Å². The van der Waals surface area contributed by atoms with Crippen LogP contribution < -0.4 is 9.80 Å². The predicted molar refractivity (Wildman–Crippen MR) is 123 cm³/mol. The molecule has 1 aromatic carbocycles. The number of carbonyl (C=O) groups is 2. The van der Waals surface area contributed by atoms with Crippen molar-refractivity contribution in [2.45, 2.75) is 19.4 Å². The molecule has 0 radical (unpaired) electrons. The number of halogens is 1. The lowest BCUT2D eigenvalue weighted by Gasteiger charge is -2.28. The largest absolute Gasteiger partial charge is 0.470 e. The molecule has 0 unspecified atom stereocenters. The fourth-order valence-electron chi connectivity index (χ4n) is 3.59. The lowest BCUT2D eigenvalue weighted by molar-refractivity contribution is -0.134. The second kappa shape index (κ2) is 10.1. The van der Waals surface area contributed by atoms with E-state index in [9.17, 15) is 18.5 Å². The third-order valence-corrected chi connectivity index (χ3v) is 5.94. The van der Waals surface area contributed by atoms with E-state index < -0.39 is 32.2 Å². The Hall–Kier alpha value is -3.38. The highest BCUT2D eigenvalue weighted by Crippen LogP contribution is 2.35. The molecule has 0 aliphatic carbocycles. The first-order valence-electron chi connectivity index (χ1n) is 10.7. The highest BCUT2D eigenvalue weighted by atomic mass is 31.2. The van der Waals surface area contributed by atoms with Gasteiger partial charge >= 0.3 is 13.9 Å². The number of anilines is 2. The second-order valence-electron chi connectivity index (χ2n) is 7.80. The minimum atomic E-state index is -4.75. The number of ether oxygens (including phenoxy) is 1. The Morgan fingerprint density at radius 2 is 2.09 bits per heavy atom.